The summed E-state index contributed by atoms with van der Waals surface area (Å²) < 4.78 is 0. The first-order valence-corrected chi connectivity index (χ1v) is 5.93. The predicted molar refractivity (Wildman–Crippen MR) is 65.8 cm³/mol. The van der Waals surface area contributed by atoms with Gasteiger partial charge >= 0.3 is 0 Å². The molecule has 1 N–H and O–H groups in total. The quantitative estimate of drug-likeness (QED) is 0.858. The van der Waals surface area contributed by atoms with Gasteiger partial charge in [0.25, 0.3) is 0 Å². The van der Waals surface area contributed by atoms with E-state index in [0.29, 0.717) is 5.92 Å². The summed E-state index contributed by atoms with van der Waals surface area (Å²) in [5, 5.41) is 4.82. The van der Waals surface area contributed by atoms with Gasteiger partial charge in [0.1, 0.15) is 0 Å². The van der Waals surface area contributed by atoms with Gasteiger partial charge in [0.2, 0.25) is 0 Å². The summed E-state index contributed by atoms with van der Waals surface area (Å²) in [6.45, 7) is 3.30. The lowest BCUT2D eigenvalue weighted by Crippen LogP contribution is -2.16. The second-order valence-electron chi connectivity index (χ2n) is 4.50. The Kier molecular flexibility index (Phi) is 2.98. The molecular formula is C12H15Cl2N. The summed E-state index contributed by atoms with van der Waals surface area (Å²) in [6, 6.07) is 5.73. The van der Waals surface area contributed by atoms with Crippen LogP contribution in [0.3, 0.4) is 0 Å². The zero-order valence-electron chi connectivity index (χ0n) is 8.98. The molecule has 1 saturated carbocycles. The van der Waals surface area contributed by atoms with Crippen molar-refractivity contribution in [3.05, 3.63) is 33.8 Å². The molecule has 1 aromatic carbocycles. The Labute approximate surface area is 101 Å². The number of benzene rings is 1. The van der Waals surface area contributed by atoms with Gasteiger partial charge in [-0.1, -0.05) is 30.1 Å². The van der Waals surface area contributed by atoms with E-state index in [4.69, 9.17) is 23.2 Å². The third-order valence-electron chi connectivity index (χ3n) is 3.41. The van der Waals surface area contributed by atoms with Crippen LogP contribution in [0, 0.1) is 5.92 Å². The van der Waals surface area contributed by atoms with Crippen molar-refractivity contribution in [3.8, 4) is 0 Å². The lowest BCUT2D eigenvalue weighted by atomic mass is 9.95. The molecule has 1 aliphatic rings. The molecule has 0 aliphatic heterocycles. The Balaban J connectivity index is 2.27. The van der Waals surface area contributed by atoms with Crippen molar-refractivity contribution in [1.29, 1.82) is 0 Å². The topological polar surface area (TPSA) is 12.0 Å². The molecular weight excluding hydrogens is 229 g/mol. The van der Waals surface area contributed by atoms with Crippen LogP contribution in [0.25, 0.3) is 0 Å². The van der Waals surface area contributed by atoms with Crippen molar-refractivity contribution in [2.75, 3.05) is 13.6 Å². The fourth-order valence-corrected chi connectivity index (χ4v) is 2.77. The van der Waals surface area contributed by atoms with Crippen LogP contribution in [-0.4, -0.2) is 13.6 Å². The second-order valence-corrected chi connectivity index (χ2v) is 5.34. The van der Waals surface area contributed by atoms with Crippen LogP contribution in [0.1, 0.15) is 18.9 Å². The minimum absolute atomic E-state index is 0.213. The SMILES string of the molecule is CNCC1CC1(C)c1cc(Cl)ccc1Cl. The molecule has 0 bridgehead atoms. The number of halogens is 2. The highest BCUT2D eigenvalue weighted by Gasteiger charge is 2.51. The van der Waals surface area contributed by atoms with Crippen LogP contribution >= 0.6 is 23.2 Å². The van der Waals surface area contributed by atoms with E-state index in [2.05, 4.69) is 12.2 Å². The largest absolute Gasteiger partial charge is 0.319 e. The predicted octanol–water partition coefficient (Wildman–Crippen LogP) is 3.49. The van der Waals surface area contributed by atoms with Crippen molar-refractivity contribution in [2.24, 2.45) is 5.92 Å². The van der Waals surface area contributed by atoms with Crippen LogP contribution in [0.4, 0.5) is 0 Å². The molecule has 0 saturated heterocycles. The van der Waals surface area contributed by atoms with Crippen molar-refractivity contribution >= 4 is 23.2 Å². The zero-order valence-corrected chi connectivity index (χ0v) is 10.5. The third-order valence-corrected chi connectivity index (χ3v) is 3.97. The molecule has 15 heavy (non-hydrogen) atoms. The maximum Gasteiger partial charge on any atom is 0.0444 e. The van der Waals surface area contributed by atoms with Crippen molar-refractivity contribution in [2.45, 2.75) is 18.8 Å². The summed E-state index contributed by atoms with van der Waals surface area (Å²) in [6.07, 6.45) is 1.19. The first-order chi connectivity index (χ1) is 7.08. The monoisotopic (exact) mass is 243 g/mol. The Hall–Kier alpha value is -0.240. The van der Waals surface area contributed by atoms with Crippen molar-refractivity contribution in [3.63, 3.8) is 0 Å². The number of hydrogen-bond acceptors (Lipinski definition) is 1. The van der Waals surface area contributed by atoms with Gasteiger partial charge in [-0.3, -0.25) is 0 Å². The smallest absolute Gasteiger partial charge is 0.0444 e. The van der Waals surface area contributed by atoms with Gasteiger partial charge in [-0.15, -0.1) is 0 Å². The minimum atomic E-state index is 0.213. The van der Waals surface area contributed by atoms with Gasteiger partial charge in [0.05, 0.1) is 0 Å². The second kappa shape index (κ2) is 3.97. The Morgan fingerprint density at radius 1 is 1.47 bits per heavy atom. The molecule has 82 valence electrons. The number of rotatable bonds is 3. The van der Waals surface area contributed by atoms with Crippen molar-refractivity contribution in [1.82, 2.24) is 5.32 Å². The van der Waals surface area contributed by atoms with E-state index in [-0.39, 0.29) is 5.41 Å². The van der Waals surface area contributed by atoms with E-state index in [1.807, 2.05) is 25.2 Å². The van der Waals surface area contributed by atoms with E-state index in [1.165, 1.54) is 12.0 Å². The summed E-state index contributed by atoms with van der Waals surface area (Å²) >= 11 is 12.2. The van der Waals surface area contributed by atoms with Crippen LogP contribution in [0.2, 0.25) is 10.0 Å². The van der Waals surface area contributed by atoms with Gasteiger partial charge in [-0.2, -0.15) is 0 Å². The summed E-state index contributed by atoms with van der Waals surface area (Å²) in [7, 11) is 1.98. The average molecular weight is 244 g/mol. The maximum absolute atomic E-state index is 6.21. The zero-order chi connectivity index (χ0) is 11.1. The molecule has 0 aromatic heterocycles. The van der Waals surface area contributed by atoms with Crippen LogP contribution in [-0.2, 0) is 5.41 Å². The molecule has 0 radical (unpaired) electrons. The highest BCUT2D eigenvalue weighted by molar-refractivity contribution is 6.33. The lowest BCUT2D eigenvalue weighted by molar-refractivity contribution is 0.617. The molecule has 2 atom stereocenters. The Bertz CT molecular complexity index is 378. The first-order valence-electron chi connectivity index (χ1n) is 5.18. The van der Waals surface area contributed by atoms with E-state index in [9.17, 15) is 0 Å². The van der Waals surface area contributed by atoms with Gasteiger partial charge in [0, 0.05) is 10.0 Å². The fourth-order valence-electron chi connectivity index (χ4n) is 2.26. The Morgan fingerprint density at radius 2 is 2.20 bits per heavy atom. The molecule has 0 heterocycles. The number of nitrogens with one attached hydrogen (secondary N) is 1. The summed E-state index contributed by atoms with van der Waals surface area (Å²) in [4.78, 5) is 0. The van der Waals surface area contributed by atoms with Gasteiger partial charge in [-0.05, 0) is 55.1 Å². The van der Waals surface area contributed by atoms with Gasteiger partial charge in [-0.25, -0.2) is 0 Å². The Morgan fingerprint density at radius 3 is 2.87 bits per heavy atom. The van der Waals surface area contributed by atoms with E-state index >= 15 is 0 Å². The summed E-state index contributed by atoms with van der Waals surface area (Å²) in [5.41, 5.74) is 1.40. The fraction of sp³-hybridized carbons (Fsp3) is 0.500. The highest BCUT2D eigenvalue weighted by atomic mass is 35.5. The minimum Gasteiger partial charge on any atom is -0.319 e. The standard InChI is InChI=1S/C12H15Cl2N/c1-12(6-8(12)7-15-2)10-5-9(13)3-4-11(10)14/h3-5,8,15H,6-7H2,1-2H3. The third kappa shape index (κ3) is 2.01. The molecule has 1 fully saturated rings. The molecule has 1 aromatic rings. The van der Waals surface area contributed by atoms with Crippen LogP contribution in [0.5, 0.6) is 0 Å². The van der Waals surface area contributed by atoms with Crippen molar-refractivity contribution < 1.29 is 0 Å². The molecule has 0 amide bonds. The average Bonchev–Trinajstić information content (AvgIpc) is 2.83. The molecule has 2 rings (SSSR count). The molecule has 1 nitrogen and oxygen atoms in total. The summed E-state index contributed by atoms with van der Waals surface area (Å²) in [5.74, 6) is 0.679. The van der Waals surface area contributed by atoms with E-state index in [0.717, 1.165) is 16.6 Å². The van der Waals surface area contributed by atoms with Crippen LogP contribution < -0.4 is 5.32 Å². The highest BCUT2D eigenvalue weighted by Crippen LogP contribution is 2.55. The molecule has 2 unspecified atom stereocenters. The maximum atomic E-state index is 6.21. The van der Waals surface area contributed by atoms with E-state index in [1.54, 1.807) is 0 Å². The normalized spacial score (nSPS) is 29.2. The van der Waals surface area contributed by atoms with Gasteiger partial charge in [0.15, 0.2) is 0 Å². The van der Waals surface area contributed by atoms with Crippen LogP contribution in [0.15, 0.2) is 18.2 Å². The first kappa shape index (κ1) is 11.3. The number of hydrogen-bond donors (Lipinski definition) is 1. The lowest BCUT2D eigenvalue weighted by Gasteiger charge is -2.14. The van der Waals surface area contributed by atoms with Gasteiger partial charge < -0.3 is 5.32 Å². The van der Waals surface area contributed by atoms with E-state index < -0.39 is 0 Å². The molecule has 3 heteroatoms. The molecule has 1 aliphatic carbocycles. The molecule has 0 spiro atoms.